The van der Waals surface area contributed by atoms with Crippen molar-refractivity contribution in [3.63, 3.8) is 0 Å². The van der Waals surface area contributed by atoms with Crippen molar-refractivity contribution in [2.75, 3.05) is 6.54 Å². The first-order valence-corrected chi connectivity index (χ1v) is 5.26. The lowest BCUT2D eigenvalue weighted by Gasteiger charge is -2.45. The van der Waals surface area contributed by atoms with Gasteiger partial charge in [0.1, 0.15) is 0 Å². The molecular weight excluding hydrogens is 148 g/mol. The van der Waals surface area contributed by atoms with Crippen LogP contribution in [0.15, 0.2) is 0 Å². The monoisotopic (exact) mass is 166 g/mol. The van der Waals surface area contributed by atoms with Crippen molar-refractivity contribution in [2.45, 2.75) is 43.7 Å². The molecule has 0 spiro atoms. The zero-order valence-corrected chi connectivity index (χ0v) is 7.55. The molecule has 2 nitrogen and oxygen atoms in total. The summed E-state index contributed by atoms with van der Waals surface area (Å²) in [5, 5.41) is 3.65. The number of hydrogen-bond donors (Lipinski definition) is 2. The molecular formula is C10H18N2. The van der Waals surface area contributed by atoms with Crippen molar-refractivity contribution < 1.29 is 0 Å². The molecule has 4 aliphatic rings. The van der Waals surface area contributed by atoms with Gasteiger partial charge in [-0.05, 0) is 50.5 Å². The first-order valence-electron chi connectivity index (χ1n) is 5.26. The van der Waals surface area contributed by atoms with Gasteiger partial charge in [-0.2, -0.15) is 0 Å². The highest BCUT2D eigenvalue weighted by Gasteiger charge is 2.46. The van der Waals surface area contributed by atoms with Gasteiger partial charge >= 0.3 is 0 Å². The van der Waals surface area contributed by atoms with Gasteiger partial charge in [0.25, 0.3) is 0 Å². The number of rotatable bonds is 0. The van der Waals surface area contributed by atoms with Crippen LogP contribution in [-0.4, -0.2) is 18.1 Å². The molecule has 4 unspecified atom stereocenters. The lowest BCUT2D eigenvalue weighted by Crippen LogP contribution is -2.52. The highest BCUT2D eigenvalue weighted by atomic mass is 15.0. The summed E-state index contributed by atoms with van der Waals surface area (Å²) < 4.78 is 0. The van der Waals surface area contributed by atoms with Gasteiger partial charge in [-0.1, -0.05) is 0 Å². The summed E-state index contributed by atoms with van der Waals surface area (Å²) in [6.45, 7) is 1.24. The molecule has 2 heterocycles. The molecule has 0 aromatic heterocycles. The highest BCUT2D eigenvalue weighted by molar-refractivity contribution is 5.04. The van der Waals surface area contributed by atoms with Crippen LogP contribution in [0.3, 0.4) is 0 Å². The van der Waals surface area contributed by atoms with Crippen molar-refractivity contribution in [1.82, 2.24) is 5.32 Å². The quantitative estimate of drug-likeness (QED) is 0.560. The van der Waals surface area contributed by atoms with Crippen LogP contribution in [0, 0.1) is 11.8 Å². The maximum atomic E-state index is 6.38. The molecule has 2 saturated carbocycles. The summed E-state index contributed by atoms with van der Waals surface area (Å²) in [6.07, 6.45) is 6.67. The fourth-order valence-corrected chi connectivity index (χ4v) is 3.84. The van der Waals surface area contributed by atoms with Crippen LogP contribution in [0.5, 0.6) is 0 Å². The molecule has 2 saturated heterocycles. The maximum absolute atomic E-state index is 6.38. The molecule has 2 aliphatic carbocycles. The van der Waals surface area contributed by atoms with E-state index in [9.17, 15) is 0 Å². The summed E-state index contributed by atoms with van der Waals surface area (Å²) in [7, 11) is 0. The zero-order valence-electron chi connectivity index (χ0n) is 7.55. The minimum Gasteiger partial charge on any atom is -0.325 e. The van der Waals surface area contributed by atoms with E-state index in [1.165, 1.54) is 38.6 Å². The van der Waals surface area contributed by atoms with Crippen LogP contribution in [0.25, 0.3) is 0 Å². The van der Waals surface area contributed by atoms with Gasteiger partial charge in [0.05, 0.1) is 0 Å². The Morgan fingerprint density at radius 3 is 2.75 bits per heavy atom. The van der Waals surface area contributed by atoms with Crippen molar-refractivity contribution in [2.24, 2.45) is 17.6 Å². The molecule has 0 aromatic carbocycles. The van der Waals surface area contributed by atoms with Crippen LogP contribution in [0.4, 0.5) is 0 Å². The number of nitrogens with one attached hydrogen (secondary N) is 1. The molecule has 68 valence electrons. The minimum absolute atomic E-state index is 0.222. The van der Waals surface area contributed by atoms with Gasteiger partial charge in [-0.3, -0.25) is 0 Å². The van der Waals surface area contributed by atoms with E-state index in [0.717, 1.165) is 17.9 Å². The predicted octanol–water partition coefficient (Wildman–Crippen LogP) is 0.866. The Morgan fingerprint density at radius 1 is 1.08 bits per heavy atom. The molecule has 4 rings (SSSR count). The van der Waals surface area contributed by atoms with Gasteiger partial charge in [0.15, 0.2) is 0 Å². The fourth-order valence-electron chi connectivity index (χ4n) is 3.84. The SMILES string of the molecule is NC12CC3CNC(CC(C3)C1)C2. The molecule has 3 N–H and O–H groups in total. The second-order valence-corrected chi connectivity index (χ2v) is 5.28. The van der Waals surface area contributed by atoms with E-state index in [0.29, 0.717) is 0 Å². The Morgan fingerprint density at radius 2 is 1.92 bits per heavy atom. The van der Waals surface area contributed by atoms with Crippen molar-refractivity contribution >= 4 is 0 Å². The second kappa shape index (κ2) is 2.24. The number of hydrogen-bond acceptors (Lipinski definition) is 2. The minimum atomic E-state index is 0.222. The van der Waals surface area contributed by atoms with Crippen molar-refractivity contribution in [3.05, 3.63) is 0 Å². The molecule has 4 atom stereocenters. The standard InChI is InChI=1S/C10H18N2/c11-10-3-7-1-8(4-10)6-12-9(2-7)5-10/h7-9,12H,1-6,11H2. The van der Waals surface area contributed by atoms with Crippen LogP contribution >= 0.6 is 0 Å². The van der Waals surface area contributed by atoms with Crippen molar-refractivity contribution in [3.8, 4) is 0 Å². The molecule has 0 radical (unpaired) electrons. The molecule has 0 aromatic rings. The van der Waals surface area contributed by atoms with Gasteiger partial charge < -0.3 is 11.1 Å². The first kappa shape index (κ1) is 7.34. The summed E-state index contributed by atoms with van der Waals surface area (Å²) in [5.74, 6) is 1.84. The van der Waals surface area contributed by atoms with E-state index >= 15 is 0 Å². The van der Waals surface area contributed by atoms with E-state index in [4.69, 9.17) is 5.73 Å². The van der Waals surface area contributed by atoms with Crippen LogP contribution in [0.1, 0.15) is 32.1 Å². The normalized spacial score (nSPS) is 57.2. The van der Waals surface area contributed by atoms with Gasteiger partial charge in [-0.25, -0.2) is 0 Å². The van der Waals surface area contributed by atoms with Crippen molar-refractivity contribution in [1.29, 1.82) is 0 Å². The lowest BCUT2D eigenvalue weighted by atomic mass is 9.64. The molecule has 4 fully saturated rings. The van der Waals surface area contributed by atoms with E-state index < -0.39 is 0 Å². The van der Waals surface area contributed by atoms with E-state index in [-0.39, 0.29) is 5.54 Å². The third kappa shape index (κ3) is 1.01. The average Bonchev–Trinajstić information content (AvgIpc) is 2.14. The molecule has 2 aliphatic heterocycles. The zero-order chi connectivity index (χ0) is 8.18. The number of fused-ring (bicyclic) bond motifs is 1. The smallest absolute Gasteiger partial charge is 0.0175 e. The van der Waals surface area contributed by atoms with Gasteiger partial charge in [-0.15, -0.1) is 0 Å². The molecule has 12 heavy (non-hydrogen) atoms. The van der Waals surface area contributed by atoms with Gasteiger partial charge in [0.2, 0.25) is 0 Å². The Labute approximate surface area is 73.9 Å². The maximum Gasteiger partial charge on any atom is 0.0175 e. The number of nitrogens with two attached hydrogens (primary N) is 1. The summed E-state index contributed by atoms with van der Waals surface area (Å²) >= 11 is 0. The van der Waals surface area contributed by atoms with Crippen LogP contribution in [-0.2, 0) is 0 Å². The Balaban J connectivity index is 1.95. The van der Waals surface area contributed by atoms with E-state index in [1.807, 2.05) is 0 Å². The Bertz CT molecular complexity index is 186. The van der Waals surface area contributed by atoms with E-state index in [1.54, 1.807) is 0 Å². The van der Waals surface area contributed by atoms with E-state index in [2.05, 4.69) is 5.32 Å². The predicted molar refractivity (Wildman–Crippen MR) is 48.8 cm³/mol. The van der Waals surface area contributed by atoms with Crippen LogP contribution in [0.2, 0.25) is 0 Å². The highest BCUT2D eigenvalue weighted by Crippen LogP contribution is 2.45. The second-order valence-electron chi connectivity index (χ2n) is 5.28. The van der Waals surface area contributed by atoms with Gasteiger partial charge in [0, 0.05) is 11.6 Å². The molecule has 0 amide bonds. The first-order chi connectivity index (χ1) is 5.73. The Hall–Kier alpha value is -0.0800. The summed E-state index contributed by atoms with van der Waals surface area (Å²) in [5.41, 5.74) is 6.60. The molecule has 2 heteroatoms. The summed E-state index contributed by atoms with van der Waals surface area (Å²) in [6, 6.07) is 0.751. The lowest BCUT2D eigenvalue weighted by molar-refractivity contribution is 0.124. The Kier molecular flexibility index (Phi) is 1.37. The fraction of sp³-hybridized carbons (Fsp3) is 1.00. The third-order valence-electron chi connectivity index (χ3n) is 4.02. The molecule has 4 bridgehead atoms. The largest absolute Gasteiger partial charge is 0.325 e. The average molecular weight is 166 g/mol. The third-order valence-corrected chi connectivity index (χ3v) is 4.02. The van der Waals surface area contributed by atoms with Crippen LogP contribution < -0.4 is 11.1 Å². The topological polar surface area (TPSA) is 38.0 Å². The summed E-state index contributed by atoms with van der Waals surface area (Å²) in [4.78, 5) is 0.